The fraction of sp³-hybridized carbons (Fsp3) is 0.0698. The van der Waals surface area contributed by atoms with Gasteiger partial charge in [-0.05, 0) is 101 Å². The summed E-state index contributed by atoms with van der Waals surface area (Å²) in [5.41, 5.74) is 28.1. The molecule has 1 heterocycles. The van der Waals surface area contributed by atoms with Crippen LogP contribution in [0, 0.1) is 0 Å². The Morgan fingerprint density at radius 1 is 0.809 bits per heavy atom. The van der Waals surface area contributed by atoms with Crippen LogP contribution in [0.3, 0.4) is 0 Å². The molecule has 0 fully saturated rings. The van der Waals surface area contributed by atoms with Crippen LogP contribution in [0.25, 0.3) is 33.0 Å². The van der Waals surface area contributed by atoms with E-state index in [1.54, 1.807) is 12.3 Å². The zero-order chi connectivity index (χ0) is 33.8. The van der Waals surface area contributed by atoms with Gasteiger partial charge in [-0.2, -0.15) is 0 Å². The summed E-state index contributed by atoms with van der Waals surface area (Å²) in [5, 5.41) is 2.33. The standard InChI is InChI=1S/C41H39N3.C2H5N/c1-5-29(3)33-13-11-14-34(24-33)35-20-23-40-36(25-35)21-22-39-30(4)18-19-31(12-10-15-37(27-43)32(6-2)26-42)28-44(41(39)40)38-16-8-7-9-17-38;1-2-3/h5-11,13-28H,2,4,12,42-43H2,1,3H3;2H,1,3H2/b15-10-,19-18-,29-5+,31-28-,32-26+,37-27+;. The number of nitrogens with two attached hydrogens (primary N) is 3. The lowest BCUT2D eigenvalue weighted by atomic mass is 9.93. The molecule has 0 saturated heterocycles. The van der Waals surface area contributed by atoms with E-state index in [1.807, 2.05) is 12.1 Å². The van der Waals surface area contributed by atoms with Gasteiger partial charge < -0.3 is 22.1 Å². The molecule has 1 aliphatic heterocycles. The topological polar surface area (TPSA) is 81.3 Å². The zero-order valence-corrected chi connectivity index (χ0v) is 27.4. The minimum atomic E-state index is 0.686. The highest BCUT2D eigenvalue weighted by Gasteiger charge is 2.19. The first kappa shape index (κ1) is 33.9. The van der Waals surface area contributed by atoms with E-state index in [9.17, 15) is 0 Å². The van der Waals surface area contributed by atoms with E-state index >= 15 is 0 Å². The predicted molar refractivity (Wildman–Crippen MR) is 206 cm³/mol. The summed E-state index contributed by atoms with van der Waals surface area (Å²) >= 11 is 0. The third kappa shape index (κ3) is 7.99. The second-order valence-corrected chi connectivity index (χ2v) is 11.0. The van der Waals surface area contributed by atoms with Gasteiger partial charge in [-0.1, -0.05) is 117 Å². The van der Waals surface area contributed by atoms with Crippen LogP contribution in [-0.4, -0.2) is 0 Å². The van der Waals surface area contributed by atoms with E-state index in [4.69, 9.17) is 11.5 Å². The Hall–Kier alpha value is -6.00. The molecule has 0 unspecified atom stereocenters. The van der Waals surface area contributed by atoms with E-state index in [1.165, 1.54) is 40.0 Å². The van der Waals surface area contributed by atoms with Crippen molar-refractivity contribution in [1.82, 2.24) is 0 Å². The van der Waals surface area contributed by atoms with Crippen LogP contribution < -0.4 is 22.1 Å². The Bertz CT molecular complexity index is 1950. The van der Waals surface area contributed by atoms with Crippen LogP contribution in [0.1, 0.15) is 31.4 Å². The van der Waals surface area contributed by atoms with Crippen LogP contribution >= 0.6 is 0 Å². The van der Waals surface area contributed by atoms with Gasteiger partial charge in [0.25, 0.3) is 0 Å². The number of fused-ring (bicyclic) bond motifs is 3. The molecule has 0 saturated carbocycles. The summed E-state index contributed by atoms with van der Waals surface area (Å²) in [6.07, 6.45) is 19.4. The van der Waals surface area contributed by atoms with Gasteiger partial charge in [-0.25, -0.2) is 0 Å². The smallest absolute Gasteiger partial charge is 0.0612 e. The van der Waals surface area contributed by atoms with E-state index in [0.29, 0.717) is 6.42 Å². The van der Waals surface area contributed by atoms with Gasteiger partial charge in [0.1, 0.15) is 0 Å². The Morgan fingerprint density at radius 3 is 2.21 bits per heavy atom. The molecule has 4 heteroatoms. The average molecular weight is 617 g/mol. The molecule has 47 heavy (non-hydrogen) atoms. The molecule has 1 aliphatic rings. The third-order valence-corrected chi connectivity index (χ3v) is 8.05. The lowest BCUT2D eigenvalue weighted by Gasteiger charge is -2.28. The highest BCUT2D eigenvalue weighted by molar-refractivity contribution is 6.05. The lowest BCUT2D eigenvalue weighted by Crippen LogP contribution is -2.13. The van der Waals surface area contributed by atoms with Crippen LogP contribution in [0.4, 0.5) is 11.4 Å². The van der Waals surface area contributed by atoms with Gasteiger partial charge in [0.2, 0.25) is 0 Å². The molecule has 6 N–H and O–H groups in total. The molecule has 4 nitrogen and oxygen atoms in total. The van der Waals surface area contributed by atoms with E-state index in [0.717, 1.165) is 44.6 Å². The predicted octanol–water partition coefficient (Wildman–Crippen LogP) is 10.4. The fourth-order valence-electron chi connectivity index (χ4n) is 5.46. The number of rotatable bonds is 8. The van der Waals surface area contributed by atoms with Crippen LogP contribution in [0.15, 0.2) is 183 Å². The minimum Gasteiger partial charge on any atom is -0.405 e. The molecular formula is C43H44N4. The monoisotopic (exact) mass is 616 g/mol. The maximum Gasteiger partial charge on any atom is 0.0612 e. The number of hydrogen-bond acceptors (Lipinski definition) is 4. The number of hydrogen-bond donors (Lipinski definition) is 3. The van der Waals surface area contributed by atoms with Crippen LogP contribution in [0.5, 0.6) is 0 Å². The number of nitrogens with zero attached hydrogens (tertiary/aromatic N) is 1. The average Bonchev–Trinajstić information content (AvgIpc) is 3.11. The molecular weight excluding hydrogens is 573 g/mol. The molecule has 0 aliphatic carbocycles. The van der Waals surface area contributed by atoms with Gasteiger partial charge in [-0.3, -0.25) is 0 Å². The second kappa shape index (κ2) is 16.4. The van der Waals surface area contributed by atoms with E-state index in [2.05, 4.69) is 154 Å². The number of para-hydroxylation sites is 1. The molecule has 0 bridgehead atoms. The molecule has 0 atom stereocenters. The third-order valence-electron chi connectivity index (χ3n) is 8.05. The Labute approximate surface area is 279 Å². The van der Waals surface area contributed by atoms with E-state index < -0.39 is 0 Å². The lowest BCUT2D eigenvalue weighted by molar-refractivity contribution is 1.19. The molecule has 4 aromatic carbocycles. The van der Waals surface area contributed by atoms with Crippen molar-refractivity contribution in [1.29, 1.82) is 0 Å². The first-order valence-electron chi connectivity index (χ1n) is 15.6. The molecule has 236 valence electrons. The van der Waals surface area contributed by atoms with Gasteiger partial charge in [-0.15, -0.1) is 0 Å². The van der Waals surface area contributed by atoms with Crippen molar-refractivity contribution >= 4 is 33.3 Å². The summed E-state index contributed by atoms with van der Waals surface area (Å²) in [6, 6.07) is 30.4. The van der Waals surface area contributed by atoms with Gasteiger partial charge in [0.15, 0.2) is 0 Å². The van der Waals surface area contributed by atoms with Gasteiger partial charge >= 0.3 is 0 Å². The van der Waals surface area contributed by atoms with Crippen molar-refractivity contribution in [2.24, 2.45) is 17.2 Å². The zero-order valence-electron chi connectivity index (χ0n) is 27.4. The minimum absolute atomic E-state index is 0.686. The molecule has 0 spiro atoms. The van der Waals surface area contributed by atoms with Crippen molar-refractivity contribution in [2.45, 2.75) is 20.3 Å². The van der Waals surface area contributed by atoms with E-state index in [-0.39, 0.29) is 0 Å². The van der Waals surface area contributed by atoms with Crippen LogP contribution in [0.2, 0.25) is 0 Å². The van der Waals surface area contributed by atoms with Gasteiger partial charge in [0, 0.05) is 35.2 Å². The summed E-state index contributed by atoms with van der Waals surface area (Å²) < 4.78 is 0. The number of anilines is 2. The molecule has 4 aromatic rings. The maximum absolute atomic E-state index is 5.88. The molecule has 0 radical (unpaired) electrons. The Balaban J connectivity index is 0.00000160. The highest BCUT2D eigenvalue weighted by atomic mass is 15.1. The highest BCUT2D eigenvalue weighted by Crippen LogP contribution is 2.42. The first-order chi connectivity index (χ1) is 22.9. The van der Waals surface area contributed by atoms with Gasteiger partial charge in [0.05, 0.1) is 5.69 Å². The quantitative estimate of drug-likeness (QED) is 0.172. The molecule has 0 amide bonds. The van der Waals surface area contributed by atoms with Crippen molar-refractivity contribution in [3.63, 3.8) is 0 Å². The maximum atomic E-state index is 5.88. The van der Waals surface area contributed by atoms with Crippen molar-refractivity contribution < 1.29 is 0 Å². The van der Waals surface area contributed by atoms with Crippen LogP contribution in [-0.2, 0) is 0 Å². The largest absolute Gasteiger partial charge is 0.405 e. The Morgan fingerprint density at radius 2 is 1.53 bits per heavy atom. The van der Waals surface area contributed by atoms with Crippen molar-refractivity contribution in [3.8, 4) is 11.1 Å². The summed E-state index contributed by atoms with van der Waals surface area (Å²) in [7, 11) is 0. The van der Waals surface area contributed by atoms with Crippen molar-refractivity contribution in [3.05, 3.63) is 194 Å². The summed E-state index contributed by atoms with van der Waals surface area (Å²) in [6.45, 7) is 15.7. The number of allylic oxidation sites excluding steroid dienone is 11. The Kier molecular flexibility index (Phi) is 11.8. The fourth-order valence-corrected chi connectivity index (χ4v) is 5.46. The second-order valence-electron chi connectivity index (χ2n) is 11.0. The molecule has 5 rings (SSSR count). The first-order valence-corrected chi connectivity index (χ1v) is 15.6. The number of benzene rings is 4. The summed E-state index contributed by atoms with van der Waals surface area (Å²) in [5.74, 6) is 0. The SMILES string of the molecule is C=CC(=C\N)/C(/C=C\CC1=C/N(c2ccccc2)c2c(ccc3cc(-c4cccc(/C(C)=C/C)c4)ccc23)C(=C)/C=C\1)=C/N.C=CN. The molecule has 0 aromatic heterocycles. The summed E-state index contributed by atoms with van der Waals surface area (Å²) in [4.78, 5) is 2.29. The normalized spacial score (nSPS) is 15.5. The van der Waals surface area contributed by atoms with Crippen molar-refractivity contribution in [2.75, 3.05) is 4.90 Å².